The number of likely N-dealkylation sites (tertiary alicyclic amines) is 1. The molecule has 80 valence electrons. The minimum Gasteiger partial charge on any atom is -0.390 e. The summed E-state index contributed by atoms with van der Waals surface area (Å²) in [6, 6.07) is -1.32. The molecule has 1 aliphatic heterocycles. The molecule has 1 saturated heterocycles. The fourth-order valence-corrected chi connectivity index (χ4v) is 1.78. The SMILES string of the molecule is CC(=O)C1C(O)CCN1C(=O)C(C)N. The number of carbonyl (C=O) groups is 2. The zero-order chi connectivity index (χ0) is 10.9. The Morgan fingerprint density at radius 1 is 1.57 bits per heavy atom. The minimum absolute atomic E-state index is 0.191. The number of nitrogens with zero attached hydrogens (tertiary/aromatic N) is 1. The van der Waals surface area contributed by atoms with Gasteiger partial charge in [-0.3, -0.25) is 9.59 Å². The molecule has 0 saturated carbocycles. The molecule has 3 unspecified atom stereocenters. The van der Waals surface area contributed by atoms with E-state index in [1.54, 1.807) is 6.92 Å². The van der Waals surface area contributed by atoms with Crippen LogP contribution < -0.4 is 5.73 Å². The number of ketones is 1. The number of hydrogen-bond acceptors (Lipinski definition) is 4. The lowest BCUT2D eigenvalue weighted by Gasteiger charge is -2.25. The van der Waals surface area contributed by atoms with Crippen LogP contribution in [0.1, 0.15) is 20.3 Å². The van der Waals surface area contributed by atoms with Crippen LogP contribution in [0.5, 0.6) is 0 Å². The van der Waals surface area contributed by atoms with Crippen LogP contribution in [0.2, 0.25) is 0 Å². The van der Waals surface area contributed by atoms with Crippen molar-refractivity contribution in [3.05, 3.63) is 0 Å². The molecule has 3 N–H and O–H groups in total. The molecule has 5 heteroatoms. The number of aliphatic hydroxyl groups excluding tert-OH is 1. The highest BCUT2D eigenvalue weighted by molar-refractivity contribution is 5.90. The van der Waals surface area contributed by atoms with Gasteiger partial charge in [-0.15, -0.1) is 0 Å². The highest BCUT2D eigenvalue weighted by Gasteiger charge is 2.39. The van der Waals surface area contributed by atoms with Crippen molar-refractivity contribution in [2.45, 2.75) is 38.5 Å². The van der Waals surface area contributed by atoms with Crippen LogP contribution in [-0.2, 0) is 9.59 Å². The van der Waals surface area contributed by atoms with E-state index >= 15 is 0 Å². The van der Waals surface area contributed by atoms with Crippen molar-refractivity contribution in [3.8, 4) is 0 Å². The summed E-state index contributed by atoms with van der Waals surface area (Å²) in [5, 5.41) is 9.50. The van der Waals surface area contributed by atoms with Gasteiger partial charge in [0.25, 0.3) is 0 Å². The number of nitrogens with two attached hydrogens (primary N) is 1. The Labute approximate surface area is 82.9 Å². The van der Waals surface area contributed by atoms with E-state index in [1.165, 1.54) is 11.8 Å². The maximum atomic E-state index is 11.5. The Morgan fingerprint density at radius 2 is 2.14 bits per heavy atom. The van der Waals surface area contributed by atoms with E-state index in [0.717, 1.165) is 0 Å². The lowest BCUT2D eigenvalue weighted by atomic mass is 10.1. The van der Waals surface area contributed by atoms with E-state index < -0.39 is 18.2 Å². The van der Waals surface area contributed by atoms with E-state index in [-0.39, 0.29) is 11.7 Å². The van der Waals surface area contributed by atoms with Crippen molar-refractivity contribution in [1.82, 2.24) is 4.90 Å². The second-order valence-electron chi connectivity index (χ2n) is 3.73. The van der Waals surface area contributed by atoms with Crippen molar-refractivity contribution in [2.75, 3.05) is 6.54 Å². The monoisotopic (exact) mass is 200 g/mol. The number of Topliss-reactive ketones (excluding diaryl/α,β-unsaturated/α-hetero) is 1. The van der Waals surface area contributed by atoms with Gasteiger partial charge in [0.1, 0.15) is 6.04 Å². The third kappa shape index (κ3) is 1.93. The van der Waals surface area contributed by atoms with Crippen molar-refractivity contribution in [3.63, 3.8) is 0 Å². The van der Waals surface area contributed by atoms with Gasteiger partial charge in [0, 0.05) is 6.54 Å². The summed E-state index contributed by atoms with van der Waals surface area (Å²) >= 11 is 0. The van der Waals surface area contributed by atoms with Gasteiger partial charge in [-0.25, -0.2) is 0 Å². The average molecular weight is 200 g/mol. The topological polar surface area (TPSA) is 83.6 Å². The molecule has 1 amide bonds. The van der Waals surface area contributed by atoms with Crippen LogP contribution in [0, 0.1) is 0 Å². The molecular weight excluding hydrogens is 184 g/mol. The van der Waals surface area contributed by atoms with Crippen LogP contribution in [0.25, 0.3) is 0 Å². The highest BCUT2D eigenvalue weighted by Crippen LogP contribution is 2.19. The first-order chi connectivity index (χ1) is 6.45. The molecule has 0 bridgehead atoms. The van der Waals surface area contributed by atoms with E-state index in [0.29, 0.717) is 13.0 Å². The molecule has 0 aromatic carbocycles. The minimum atomic E-state index is -0.741. The fourth-order valence-electron chi connectivity index (χ4n) is 1.78. The summed E-state index contributed by atoms with van der Waals surface area (Å²) in [4.78, 5) is 24.1. The molecule has 1 aliphatic rings. The Balaban J connectivity index is 2.79. The van der Waals surface area contributed by atoms with E-state index in [2.05, 4.69) is 0 Å². The smallest absolute Gasteiger partial charge is 0.239 e. The molecule has 1 fully saturated rings. The average Bonchev–Trinajstić information content (AvgIpc) is 2.45. The summed E-state index contributed by atoms with van der Waals surface area (Å²) in [6.45, 7) is 3.36. The molecule has 0 radical (unpaired) electrons. The van der Waals surface area contributed by atoms with Crippen LogP contribution >= 0.6 is 0 Å². The van der Waals surface area contributed by atoms with Crippen LogP contribution in [0.15, 0.2) is 0 Å². The summed E-state index contributed by atoms with van der Waals surface area (Å²) in [7, 11) is 0. The van der Waals surface area contributed by atoms with E-state index in [9.17, 15) is 14.7 Å². The summed E-state index contributed by atoms with van der Waals surface area (Å²) in [5.74, 6) is -0.467. The van der Waals surface area contributed by atoms with Crippen LogP contribution in [0.3, 0.4) is 0 Å². The Bertz CT molecular complexity index is 252. The Kier molecular flexibility index (Phi) is 3.23. The predicted octanol–water partition coefficient (Wildman–Crippen LogP) is -1.12. The van der Waals surface area contributed by atoms with Crippen molar-refractivity contribution in [1.29, 1.82) is 0 Å². The molecule has 5 nitrogen and oxygen atoms in total. The number of rotatable bonds is 2. The van der Waals surface area contributed by atoms with Gasteiger partial charge >= 0.3 is 0 Å². The summed E-state index contributed by atoms with van der Waals surface area (Å²) < 4.78 is 0. The number of aliphatic hydroxyl groups is 1. The molecule has 0 aromatic rings. The first kappa shape index (κ1) is 11.1. The van der Waals surface area contributed by atoms with Crippen molar-refractivity contribution >= 4 is 11.7 Å². The quantitative estimate of drug-likeness (QED) is 0.591. The standard InChI is InChI=1S/C9H16N2O3/c1-5(10)9(14)11-4-3-7(13)8(11)6(2)12/h5,7-8,13H,3-4,10H2,1-2H3. The molecule has 0 aliphatic carbocycles. The molecule has 0 aromatic heterocycles. The van der Waals surface area contributed by atoms with Gasteiger partial charge in [-0.2, -0.15) is 0 Å². The maximum absolute atomic E-state index is 11.5. The number of amides is 1. The van der Waals surface area contributed by atoms with E-state index in [4.69, 9.17) is 5.73 Å². The third-order valence-corrected chi connectivity index (χ3v) is 2.46. The van der Waals surface area contributed by atoms with E-state index in [1.807, 2.05) is 0 Å². The summed E-state index contributed by atoms with van der Waals surface area (Å²) in [6.07, 6.45) is -0.293. The van der Waals surface area contributed by atoms with Crippen molar-refractivity contribution < 1.29 is 14.7 Å². The van der Waals surface area contributed by atoms with Crippen LogP contribution in [-0.4, -0.2) is 46.4 Å². The second kappa shape index (κ2) is 4.06. The third-order valence-electron chi connectivity index (χ3n) is 2.46. The zero-order valence-corrected chi connectivity index (χ0v) is 8.43. The Hall–Kier alpha value is -0.940. The predicted molar refractivity (Wildman–Crippen MR) is 50.5 cm³/mol. The highest BCUT2D eigenvalue weighted by atomic mass is 16.3. The number of carbonyl (C=O) groups excluding carboxylic acids is 2. The molecular formula is C9H16N2O3. The molecule has 3 atom stereocenters. The molecule has 14 heavy (non-hydrogen) atoms. The van der Waals surface area contributed by atoms with Gasteiger partial charge in [-0.1, -0.05) is 0 Å². The normalized spacial score (nSPS) is 29.0. The van der Waals surface area contributed by atoms with Gasteiger partial charge in [0.15, 0.2) is 5.78 Å². The lowest BCUT2D eigenvalue weighted by molar-refractivity contribution is -0.139. The first-order valence-electron chi connectivity index (χ1n) is 4.69. The number of hydrogen-bond donors (Lipinski definition) is 2. The molecule has 0 spiro atoms. The van der Waals surface area contributed by atoms with Gasteiger partial charge in [0.05, 0.1) is 12.1 Å². The van der Waals surface area contributed by atoms with Gasteiger partial charge < -0.3 is 15.7 Å². The van der Waals surface area contributed by atoms with Gasteiger partial charge in [0.2, 0.25) is 5.91 Å². The second-order valence-corrected chi connectivity index (χ2v) is 3.73. The summed E-state index contributed by atoms with van der Waals surface area (Å²) in [5.41, 5.74) is 5.44. The van der Waals surface area contributed by atoms with Crippen molar-refractivity contribution in [2.24, 2.45) is 5.73 Å². The largest absolute Gasteiger partial charge is 0.390 e. The molecule has 1 heterocycles. The zero-order valence-electron chi connectivity index (χ0n) is 8.43. The molecule has 1 rings (SSSR count). The maximum Gasteiger partial charge on any atom is 0.239 e. The van der Waals surface area contributed by atoms with Crippen LogP contribution in [0.4, 0.5) is 0 Å². The fraction of sp³-hybridized carbons (Fsp3) is 0.778. The lowest BCUT2D eigenvalue weighted by Crippen LogP contribution is -2.49. The first-order valence-corrected chi connectivity index (χ1v) is 4.69. The Morgan fingerprint density at radius 3 is 2.57 bits per heavy atom. The van der Waals surface area contributed by atoms with Gasteiger partial charge in [-0.05, 0) is 20.3 Å².